The van der Waals surface area contributed by atoms with E-state index in [9.17, 15) is 0 Å². The first-order chi connectivity index (χ1) is 8.74. The van der Waals surface area contributed by atoms with E-state index in [1.165, 1.54) is 0 Å². The Morgan fingerprint density at radius 1 is 0.889 bits per heavy atom. The maximum absolute atomic E-state index is 5.46. The van der Waals surface area contributed by atoms with Gasteiger partial charge in [-0.05, 0) is 35.6 Å². The molecule has 0 aliphatic rings. The number of methoxy groups -OCH3 is 3. The molecule has 18 heavy (non-hydrogen) atoms. The first-order valence-corrected chi connectivity index (χ1v) is 5.96. The minimum atomic E-state index is 0.747. The molecule has 2 rings (SSSR count). The molecule has 3 heteroatoms. The number of hydrogen-bond acceptors (Lipinski definition) is 3. The molecule has 2 aromatic carbocycles. The third kappa shape index (κ3) is 1.96. The number of hydrogen-bond donors (Lipinski definition) is 0. The molecule has 0 amide bonds. The topological polar surface area (TPSA) is 27.7 Å². The van der Waals surface area contributed by atoms with Gasteiger partial charge in [0.1, 0.15) is 5.75 Å². The SMILES string of the molecule is CCc1cc2c(OC)c(OC)ccc2cc1OC. The van der Waals surface area contributed by atoms with Gasteiger partial charge in [0.25, 0.3) is 0 Å². The zero-order valence-electron chi connectivity index (χ0n) is 11.2. The van der Waals surface area contributed by atoms with Gasteiger partial charge in [-0.2, -0.15) is 0 Å². The largest absolute Gasteiger partial charge is 0.496 e. The summed E-state index contributed by atoms with van der Waals surface area (Å²) in [6.07, 6.45) is 0.916. The second-order valence-corrected chi connectivity index (χ2v) is 4.04. The molecule has 2 aromatic rings. The molecule has 3 nitrogen and oxygen atoms in total. The highest BCUT2D eigenvalue weighted by atomic mass is 16.5. The molecular formula is C15H18O3. The molecule has 0 unspecified atom stereocenters. The molecule has 0 N–H and O–H groups in total. The molecule has 0 atom stereocenters. The van der Waals surface area contributed by atoms with E-state index in [-0.39, 0.29) is 0 Å². The molecule has 0 saturated heterocycles. The lowest BCUT2D eigenvalue weighted by molar-refractivity contribution is 0.358. The van der Waals surface area contributed by atoms with Gasteiger partial charge in [0, 0.05) is 5.39 Å². The van der Waals surface area contributed by atoms with E-state index in [1.807, 2.05) is 18.2 Å². The van der Waals surface area contributed by atoms with Crippen LogP contribution in [0.1, 0.15) is 12.5 Å². The van der Waals surface area contributed by atoms with E-state index in [0.29, 0.717) is 0 Å². The summed E-state index contributed by atoms with van der Waals surface area (Å²) in [5, 5.41) is 2.14. The zero-order chi connectivity index (χ0) is 13.1. The Bertz CT molecular complexity index is 559. The van der Waals surface area contributed by atoms with E-state index < -0.39 is 0 Å². The van der Waals surface area contributed by atoms with Gasteiger partial charge in [-0.25, -0.2) is 0 Å². The predicted octanol–water partition coefficient (Wildman–Crippen LogP) is 3.43. The van der Waals surface area contributed by atoms with Gasteiger partial charge in [-0.15, -0.1) is 0 Å². The van der Waals surface area contributed by atoms with Crippen LogP contribution >= 0.6 is 0 Å². The molecule has 0 saturated carbocycles. The summed E-state index contributed by atoms with van der Waals surface area (Å²) in [5.74, 6) is 2.43. The highest BCUT2D eigenvalue weighted by Crippen LogP contribution is 2.38. The van der Waals surface area contributed by atoms with Crippen molar-refractivity contribution < 1.29 is 14.2 Å². The van der Waals surface area contributed by atoms with E-state index in [4.69, 9.17) is 14.2 Å². The first kappa shape index (κ1) is 12.6. The van der Waals surface area contributed by atoms with Crippen molar-refractivity contribution in [3.63, 3.8) is 0 Å². The number of fused-ring (bicyclic) bond motifs is 1. The minimum absolute atomic E-state index is 0.747. The molecule has 0 aromatic heterocycles. The minimum Gasteiger partial charge on any atom is -0.496 e. The lowest BCUT2D eigenvalue weighted by atomic mass is 10.0. The second kappa shape index (κ2) is 5.17. The summed E-state index contributed by atoms with van der Waals surface area (Å²) in [5.41, 5.74) is 1.16. The van der Waals surface area contributed by atoms with Crippen LogP contribution in [0, 0.1) is 0 Å². The van der Waals surface area contributed by atoms with Gasteiger partial charge in [0.2, 0.25) is 0 Å². The molecule has 0 fully saturated rings. The van der Waals surface area contributed by atoms with Gasteiger partial charge in [-0.3, -0.25) is 0 Å². The summed E-state index contributed by atoms with van der Waals surface area (Å²) in [6.45, 7) is 2.11. The molecule has 0 aliphatic heterocycles. The lowest BCUT2D eigenvalue weighted by Gasteiger charge is -2.13. The number of ether oxygens (including phenoxy) is 3. The standard InChI is InChI=1S/C15H18O3/c1-5-10-8-12-11(9-14(10)17-3)6-7-13(16-2)15(12)18-4/h6-9H,5H2,1-4H3. The fourth-order valence-electron chi connectivity index (χ4n) is 2.19. The van der Waals surface area contributed by atoms with E-state index in [2.05, 4.69) is 13.0 Å². The van der Waals surface area contributed by atoms with E-state index >= 15 is 0 Å². The normalized spacial score (nSPS) is 10.4. The van der Waals surface area contributed by atoms with Crippen LogP contribution in [-0.4, -0.2) is 21.3 Å². The highest BCUT2D eigenvalue weighted by Gasteiger charge is 2.12. The molecule has 0 bridgehead atoms. The Balaban J connectivity index is 2.76. The highest BCUT2D eigenvalue weighted by molar-refractivity contribution is 5.92. The van der Waals surface area contributed by atoms with Crippen molar-refractivity contribution in [2.75, 3.05) is 21.3 Å². The predicted molar refractivity (Wildman–Crippen MR) is 73.0 cm³/mol. The van der Waals surface area contributed by atoms with Crippen LogP contribution in [0.25, 0.3) is 10.8 Å². The third-order valence-electron chi connectivity index (χ3n) is 3.14. The maximum atomic E-state index is 5.46. The van der Waals surface area contributed by atoms with Crippen LogP contribution in [0.2, 0.25) is 0 Å². The fourth-order valence-corrected chi connectivity index (χ4v) is 2.19. The van der Waals surface area contributed by atoms with Gasteiger partial charge in [0.05, 0.1) is 21.3 Å². The summed E-state index contributed by atoms with van der Waals surface area (Å²) in [7, 11) is 5.00. The Morgan fingerprint density at radius 3 is 2.17 bits per heavy atom. The average molecular weight is 246 g/mol. The monoisotopic (exact) mass is 246 g/mol. The van der Waals surface area contributed by atoms with Gasteiger partial charge >= 0.3 is 0 Å². The molecular weight excluding hydrogens is 228 g/mol. The van der Waals surface area contributed by atoms with Crippen molar-refractivity contribution in [2.24, 2.45) is 0 Å². The summed E-state index contributed by atoms with van der Waals surface area (Å²) in [4.78, 5) is 0. The van der Waals surface area contributed by atoms with Crippen molar-refractivity contribution in [2.45, 2.75) is 13.3 Å². The van der Waals surface area contributed by atoms with Crippen LogP contribution < -0.4 is 14.2 Å². The van der Waals surface area contributed by atoms with Gasteiger partial charge in [-0.1, -0.05) is 13.0 Å². The van der Waals surface area contributed by atoms with Crippen molar-refractivity contribution in [3.05, 3.63) is 29.8 Å². The Kier molecular flexibility index (Phi) is 3.60. The molecule has 0 heterocycles. The summed E-state index contributed by atoms with van der Waals surface area (Å²) >= 11 is 0. The third-order valence-corrected chi connectivity index (χ3v) is 3.14. The quantitative estimate of drug-likeness (QED) is 0.827. The van der Waals surface area contributed by atoms with Crippen molar-refractivity contribution in [1.82, 2.24) is 0 Å². The first-order valence-electron chi connectivity index (χ1n) is 5.96. The molecule has 0 radical (unpaired) electrons. The smallest absolute Gasteiger partial charge is 0.168 e. The average Bonchev–Trinajstić information content (AvgIpc) is 2.44. The van der Waals surface area contributed by atoms with Crippen LogP contribution in [0.5, 0.6) is 17.2 Å². The Hall–Kier alpha value is -1.90. The van der Waals surface area contributed by atoms with Crippen LogP contribution in [0.15, 0.2) is 24.3 Å². The fraction of sp³-hybridized carbons (Fsp3) is 0.333. The molecule has 0 spiro atoms. The number of benzene rings is 2. The van der Waals surface area contributed by atoms with Gasteiger partial charge in [0.15, 0.2) is 11.5 Å². The molecule has 96 valence electrons. The lowest BCUT2D eigenvalue weighted by Crippen LogP contribution is -1.95. The summed E-state index contributed by atoms with van der Waals surface area (Å²) < 4.78 is 16.2. The Morgan fingerprint density at radius 2 is 1.61 bits per heavy atom. The maximum Gasteiger partial charge on any atom is 0.168 e. The summed E-state index contributed by atoms with van der Waals surface area (Å²) in [6, 6.07) is 8.07. The second-order valence-electron chi connectivity index (χ2n) is 4.04. The Labute approximate surface area is 107 Å². The van der Waals surface area contributed by atoms with E-state index in [0.717, 1.165) is 40.0 Å². The van der Waals surface area contributed by atoms with Crippen molar-refractivity contribution >= 4 is 10.8 Å². The number of aryl methyl sites for hydroxylation is 1. The molecule has 0 aliphatic carbocycles. The van der Waals surface area contributed by atoms with Crippen LogP contribution in [0.3, 0.4) is 0 Å². The number of rotatable bonds is 4. The van der Waals surface area contributed by atoms with Crippen LogP contribution in [0.4, 0.5) is 0 Å². The van der Waals surface area contributed by atoms with Crippen molar-refractivity contribution in [1.29, 1.82) is 0 Å². The van der Waals surface area contributed by atoms with Crippen molar-refractivity contribution in [3.8, 4) is 17.2 Å². The zero-order valence-corrected chi connectivity index (χ0v) is 11.2. The van der Waals surface area contributed by atoms with E-state index in [1.54, 1.807) is 21.3 Å². The van der Waals surface area contributed by atoms with Crippen LogP contribution in [-0.2, 0) is 6.42 Å². The van der Waals surface area contributed by atoms with Gasteiger partial charge < -0.3 is 14.2 Å².